The molecule has 1 aliphatic rings. The van der Waals surface area contributed by atoms with E-state index in [9.17, 15) is 9.59 Å². The summed E-state index contributed by atoms with van der Waals surface area (Å²) in [5.74, 6) is -0.469. The van der Waals surface area contributed by atoms with Crippen molar-refractivity contribution in [3.8, 4) is 5.69 Å². The highest BCUT2D eigenvalue weighted by Gasteiger charge is 2.31. The zero-order valence-corrected chi connectivity index (χ0v) is 14.7. The quantitative estimate of drug-likeness (QED) is 0.923. The van der Waals surface area contributed by atoms with Crippen LogP contribution in [0.4, 0.5) is 0 Å². The summed E-state index contributed by atoms with van der Waals surface area (Å²) in [6.45, 7) is 4.48. The maximum atomic E-state index is 12.8. The van der Waals surface area contributed by atoms with Gasteiger partial charge in [-0.3, -0.25) is 9.59 Å². The number of likely N-dealkylation sites (tertiary alicyclic amines) is 1. The lowest BCUT2D eigenvalue weighted by Crippen LogP contribution is -2.51. The van der Waals surface area contributed by atoms with Gasteiger partial charge in [-0.2, -0.15) is 5.10 Å². The highest BCUT2D eigenvalue weighted by Crippen LogP contribution is 2.22. The Hall–Kier alpha value is -2.63. The number of para-hydroxylation sites is 1. The summed E-state index contributed by atoms with van der Waals surface area (Å²) in [6.07, 6.45) is 2.74. The van der Waals surface area contributed by atoms with Crippen LogP contribution in [0, 0.1) is 13.8 Å². The number of hydrogen-bond acceptors (Lipinski definition) is 3. The predicted octanol–water partition coefficient (Wildman–Crippen LogP) is 1.90. The summed E-state index contributed by atoms with van der Waals surface area (Å²) in [6, 6.07) is 9.37. The number of benzene rings is 1. The molecule has 2 amide bonds. The first-order valence-corrected chi connectivity index (χ1v) is 8.68. The molecule has 1 aromatic heterocycles. The largest absolute Gasteiger partial charge is 0.368 e. The predicted molar refractivity (Wildman–Crippen MR) is 95.3 cm³/mol. The maximum Gasteiger partial charge on any atom is 0.240 e. The minimum absolute atomic E-state index is 0.0534. The fourth-order valence-electron chi connectivity index (χ4n) is 3.53. The van der Waals surface area contributed by atoms with E-state index in [0.717, 1.165) is 35.5 Å². The van der Waals surface area contributed by atoms with Gasteiger partial charge in [0, 0.05) is 17.8 Å². The summed E-state index contributed by atoms with van der Waals surface area (Å²) in [5.41, 5.74) is 9.15. The Morgan fingerprint density at radius 1 is 1.20 bits per heavy atom. The molecule has 1 fully saturated rings. The average molecular weight is 340 g/mol. The van der Waals surface area contributed by atoms with E-state index in [0.29, 0.717) is 13.0 Å². The van der Waals surface area contributed by atoms with Gasteiger partial charge >= 0.3 is 0 Å². The first kappa shape index (κ1) is 17.2. The lowest BCUT2D eigenvalue weighted by molar-refractivity contribution is -0.140. The van der Waals surface area contributed by atoms with Gasteiger partial charge in [0.15, 0.2) is 0 Å². The van der Waals surface area contributed by atoms with Crippen molar-refractivity contribution in [2.24, 2.45) is 5.73 Å². The lowest BCUT2D eigenvalue weighted by atomic mass is 10.00. The van der Waals surface area contributed by atoms with Crippen molar-refractivity contribution in [2.75, 3.05) is 6.54 Å². The lowest BCUT2D eigenvalue weighted by Gasteiger charge is -2.33. The van der Waals surface area contributed by atoms with Crippen LogP contribution in [0.25, 0.3) is 5.69 Å². The van der Waals surface area contributed by atoms with Gasteiger partial charge < -0.3 is 10.6 Å². The van der Waals surface area contributed by atoms with E-state index in [1.165, 1.54) is 0 Å². The number of primary amides is 1. The van der Waals surface area contributed by atoms with E-state index in [2.05, 4.69) is 5.10 Å². The fraction of sp³-hybridized carbons (Fsp3) is 0.421. The van der Waals surface area contributed by atoms with Crippen molar-refractivity contribution in [2.45, 2.75) is 45.6 Å². The van der Waals surface area contributed by atoms with Crippen LogP contribution in [0.1, 0.15) is 36.2 Å². The number of carbonyl (C=O) groups excluding carboxylic acids is 2. The molecule has 1 saturated heterocycles. The smallest absolute Gasteiger partial charge is 0.240 e. The Morgan fingerprint density at radius 2 is 1.92 bits per heavy atom. The molecule has 1 aliphatic heterocycles. The molecule has 2 N–H and O–H groups in total. The van der Waals surface area contributed by atoms with E-state index < -0.39 is 11.9 Å². The molecule has 132 valence electrons. The SMILES string of the molecule is Cc1nn(-c2ccccc2)c(C)c1CC(=O)N1CCCCC1C(N)=O. The second-order valence-electron chi connectivity index (χ2n) is 6.57. The molecule has 0 aliphatic carbocycles. The molecule has 2 heterocycles. The Bertz CT molecular complexity index is 782. The molecule has 1 aromatic carbocycles. The van der Waals surface area contributed by atoms with Crippen LogP contribution >= 0.6 is 0 Å². The molecule has 0 bridgehead atoms. The number of nitrogens with zero attached hydrogens (tertiary/aromatic N) is 3. The third-order valence-electron chi connectivity index (χ3n) is 4.92. The van der Waals surface area contributed by atoms with Gasteiger partial charge in [-0.05, 0) is 45.2 Å². The van der Waals surface area contributed by atoms with Gasteiger partial charge in [0.05, 0.1) is 17.8 Å². The van der Waals surface area contributed by atoms with Crippen LogP contribution in [-0.4, -0.2) is 39.1 Å². The molecule has 6 nitrogen and oxygen atoms in total. The summed E-state index contributed by atoms with van der Waals surface area (Å²) >= 11 is 0. The number of amides is 2. The number of aromatic nitrogens is 2. The molecule has 6 heteroatoms. The van der Waals surface area contributed by atoms with Crippen LogP contribution in [0.2, 0.25) is 0 Å². The third kappa shape index (κ3) is 3.43. The number of nitrogens with two attached hydrogens (primary N) is 1. The van der Waals surface area contributed by atoms with E-state index in [1.54, 1.807) is 4.90 Å². The van der Waals surface area contributed by atoms with Crippen LogP contribution in [-0.2, 0) is 16.0 Å². The minimum atomic E-state index is -0.481. The highest BCUT2D eigenvalue weighted by molar-refractivity contribution is 5.88. The van der Waals surface area contributed by atoms with Crippen LogP contribution in [0.5, 0.6) is 0 Å². The Morgan fingerprint density at radius 3 is 2.60 bits per heavy atom. The van der Waals surface area contributed by atoms with Crippen molar-refractivity contribution in [3.05, 3.63) is 47.3 Å². The standard InChI is InChI=1S/C19H24N4O2/c1-13-16(14(2)23(21-13)15-8-4-3-5-9-15)12-18(24)22-11-7-6-10-17(22)19(20)25/h3-5,8-9,17H,6-7,10-12H2,1-2H3,(H2,20,25). The van der Waals surface area contributed by atoms with Crippen LogP contribution < -0.4 is 5.73 Å². The van der Waals surface area contributed by atoms with Gasteiger partial charge in [0.1, 0.15) is 6.04 Å². The van der Waals surface area contributed by atoms with Crippen molar-refractivity contribution < 1.29 is 9.59 Å². The van der Waals surface area contributed by atoms with E-state index in [1.807, 2.05) is 48.9 Å². The van der Waals surface area contributed by atoms with Gasteiger partial charge in [0.25, 0.3) is 0 Å². The summed E-state index contributed by atoms with van der Waals surface area (Å²) in [5, 5.41) is 4.59. The van der Waals surface area contributed by atoms with Gasteiger partial charge in [-0.25, -0.2) is 4.68 Å². The topological polar surface area (TPSA) is 81.2 Å². The first-order valence-electron chi connectivity index (χ1n) is 8.68. The van der Waals surface area contributed by atoms with Gasteiger partial charge in [0.2, 0.25) is 11.8 Å². The fourth-order valence-corrected chi connectivity index (χ4v) is 3.53. The van der Waals surface area contributed by atoms with Crippen molar-refractivity contribution in [1.82, 2.24) is 14.7 Å². The number of rotatable bonds is 4. The molecular weight excluding hydrogens is 316 g/mol. The molecule has 3 rings (SSSR count). The normalized spacial score (nSPS) is 17.5. The maximum absolute atomic E-state index is 12.8. The van der Waals surface area contributed by atoms with Crippen molar-refractivity contribution >= 4 is 11.8 Å². The van der Waals surface area contributed by atoms with Crippen LogP contribution in [0.3, 0.4) is 0 Å². The monoisotopic (exact) mass is 340 g/mol. The number of piperidine rings is 1. The minimum Gasteiger partial charge on any atom is -0.368 e. The Labute approximate surface area is 147 Å². The van der Waals surface area contributed by atoms with E-state index >= 15 is 0 Å². The molecule has 1 unspecified atom stereocenters. The van der Waals surface area contributed by atoms with E-state index in [4.69, 9.17) is 5.73 Å². The van der Waals surface area contributed by atoms with Crippen molar-refractivity contribution in [1.29, 1.82) is 0 Å². The van der Waals surface area contributed by atoms with Crippen LogP contribution in [0.15, 0.2) is 30.3 Å². The Kier molecular flexibility index (Phi) is 4.88. The highest BCUT2D eigenvalue weighted by atomic mass is 16.2. The number of carbonyl (C=O) groups is 2. The molecule has 1 atom stereocenters. The average Bonchev–Trinajstić information content (AvgIpc) is 2.90. The second-order valence-corrected chi connectivity index (χ2v) is 6.57. The number of aryl methyl sites for hydroxylation is 1. The summed E-state index contributed by atoms with van der Waals surface area (Å²) in [4.78, 5) is 26.1. The Balaban J connectivity index is 1.84. The second kappa shape index (κ2) is 7.09. The molecule has 25 heavy (non-hydrogen) atoms. The zero-order chi connectivity index (χ0) is 18.0. The first-order chi connectivity index (χ1) is 12.0. The molecule has 2 aromatic rings. The van der Waals surface area contributed by atoms with Crippen molar-refractivity contribution in [3.63, 3.8) is 0 Å². The molecule has 0 saturated carbocycles. The van der Waals surface area contributed by atoms with E-state index in [-0.39, 0.29) is 12.3 Å². The summed E-state index contributed by atoms with van der Waals surface area (Å²) in [7, 11) is 0. The zero-order valence-electron chi connectivity index (χ0n) is 14.7. The third-order valence-corrected chi connectivity index (χ3v) is 4.92. The molecule has 0 spiro atoms. The molecule has 0 radical (unpaired) electrons. The van der Waals surface area contributed by atoms with Gasteiger partial charge in [-0.1, -0.05) is 18.2 Å². The number of hydrogen-bond donors (Lipinski definition) is 1. The molecular formula is C19H24N4O2. The van der Waals surface area contributed by atoms with Gasteiger partial charge in [-0.15, -0.1) is 0 Å². The summed E-state index contributed by atoms with van der Waals surface area (Å²) < 4.78 is 1.86.